The van der Waals surface area contributed by atoms with Crippen LogP contribution < -0.4 is 4.74 Å². The molecular formula is C31H26F3N5O. The first-order valence-corrected chi connectivity index (χ1v) is 12.7. The van der Waals surface area contributed by atoms with Gasteiger partial charge in [0.2, 0.25) is 11.6 Å². The predicted octanol–water partition coefficient (Wildman–Crippen LogP) is 8.62. The second kappa shape index (κ2) is 10.5. The van der Waals surface area contributed by atoms with Crippen LogP contribution in [-0.2, 0) is 6.18 Å². The van der Waals surface area contributed by atoms with Crippen LogP contribution in [0.3, 0.4) is 0 Å². The van der Waals surface area contributed by atoms with E-state index in [2.05, 4.69) is 28.8 Å². The lowest BCUT2D eigenvalue weighted by atomic mass is 9.94. The van der Waals surface area contributed by atoms with Crippen LogP contribution in [0.5, 0.6) is 5.88 Å². The third kappa shape index (κ3) is 5.00. The van der Waals surface area contributed by atoms with Gasteiger partial charge in [0, 0.05) is 17.3 Å². The highest BCUT2D eigenvalue weighted by Gasteiger charge is 2.34. The molecule has 0 aliphatic heterocycles. The third-order valence-electron chi connectivity index (χ3n) is 6.73. The van der Waals surface area contributed by atoms with Gasteiger partial charge in [-0.25, -0.2) is 14.5 Å². The van der Waals surface area contributed by atoms with Crippen LogP contribution in [0.1, 0.15) is 55.3 Å². The summed E-state index contributed by atoms with van der Waals surface area (Å²) in [5.41, 5.74) is 4.09. The van der Waals surface area contributed by atoms with Crippen LogP contribution in [0, 0.1) is 13.5 Å². The summed E-state index contributed by atoms with van der Waals surface area (Å²) in [6.45, 7) is 15.6. The van der Waals surface area contributed by atoms with Crippen molar-refractivity contribution >= 4 is 16.6 Å². The van der Waals surface area contributed by atoms with Gasteiger partial charge in [0.25, 0.3) is 0 Å². The Hall–Kier alpha value is -4.71. The molecule has 3 heterocycles. The zero-order valence-corrected chi connectivity index (χ0v) is 22.4. The number of nitrogens with zero attached hydrogens (tertiary/aromatic N) is 5. The number of ether oxygens (including phenoxy) is 1. The Morgan fingerprint density at radius 3 is 2.35 bits per heavy atom. The lowest BCUT2D eigenvalue weighted by Gasteiger charge is -2.19. The molecule has 0 saturated heterocycles. The maximum atomic E-state index is 13.1. The molecular weight excluding hydrogens is 515 g/mol. The topological polar surface area (TPSA) is 57.2 Å². The van der Waals surface area contributed by atoms with Gasteiger partial charge in [-0.05, 0) is 60.7 Å². The predicted molar refractivity (Wildman–Crippen MR) is 148 cm³/mol. The average molecular weight is 542 g/mol. The van der Waals surface area contributed by atoms with Gasteiger partial charge in [-0.2, -0.15) is 18.3 Å². The summed E-state index contributed by atoms with van der Waals surface area (Å²) in [5.74, 6) is 0.513. The quantitative estimate of drug-likeness (QED) is 0.202. The van der Waals surface area contributed by atoms with Crippen LogP contribution in [-0.4, -0.2) is 19.7 Å². The van der Waals surface area contributed by atoms with Crippen molar-refractivity contribution in [3.63, 3.8) is 0 Å². The fourth-order valence-electron chi connectivity index (χ4n) is 4.70. The summed E-state index contributed by atoms with van der Waals surface area (Å²) >= 11 is 0. The van der Waals surface area contributed by atoms with E-state index in [0.717, 1.165) is 22.8 Å². The molecule has 9 heteroatoms. The van der Waals surface area contributed by atoms with Gasteiger partial charge in [0.1, 0.15) is 11.6 Å². The standard InChI is InChI=1S/C31H26F3N5O/c1-18(2)23-9-6-7-10-24(23)28-27(35-5)25-11-8-16-36-29(25)30(37-28)40-20(4)21-12-14-22(15-13-21)39-19(3)17-26(38-39)31(32,33)34/h6-18,20H,1-4H3. The second-order valence-corrected chi connectivity index (χ2v) is 9.80. The van der Waals surface area contributed by atoms with Crippen molar-refractivity contribution in [2.45, 2.75) is 45.9 Å². The van der Waals surface area contributed by atoms with E-state index in [9.17, 15) is 13.2 Å². The van der Waals surface area contributed by atoms with Crippen LogP contribution in [0.25, 0.3) is 32.7 Å². The summed E-state index contributed by atoms with van der Waals surface area (Å²) in [6, 6.07) is 19.5. The van der Waals surface area contributed by atoms with Crippen molar-refractivity contribution in [1.29, 1.82) is 0 Å². The highest BCUT2D eigenvalue weighted by molar-refractivity contribution is 6.01. The molecule has 3 aromatic heterocycles. The van der Waals surface area contributed by atoms with E-state index in [1.54, 1.807) is 43.5 Å². The summed E-state index contributed by atoms with van der Waals surface area (Å²) in [4.78, 5) is 13.1. The first kappa shape index (κ1) is 26.9. The first-order valence-electron chi connectivity index (χ1n) is 12.7. The number of aryl methyl sites for hydroxylation is 1. The van der Waals surface area contributed by atoms with E-state index in [4.69, 9.17) is 16.3 Å². The largest absolute Gasteiger partial charge is 0.468 e. The average Bonchev–Trinajstić information content (AvgIpc) is 3.35. The van der Waals surface area contributed by atoms with Gasteiger partial charge in [0.05, 0.1) is 18.0 Å². The van der Waals surface area contributed by atoms with E-state index >= 15 is 0 Å². The molecule has 0 bridgehead atoms. The fourth-order valence-corrected chi connectivity index (χ4v) is 4.70. The molecule has 1 atom stereocenters. The van der Waals surface area contributed by atoms with Gasteiger partial charge in [-0.15, -0.1) is 0 Å². The van der Waals surface area contributed by atoms with Crippen molar-refractivity contribution in [2.75, 3.05) is 0 Å². The highest BCUT2D eigenvalue weighted by Crippen LogP contribution is 2.42. The van der Waals surface area contributed by atoms with Gasteiger partial charge in [-0.1, -0.05) is 56.3 Å². The molecule has 2 aromatic carbocycles. The molecule has 0 radical (unpaired) electrons. The number of halogens is 3. The molecule has 6 nitrogen and oxygen atoms in total. The summed E-state index contributed by atoms with van der Waals surface area (Å²) in [5, 5.41) is 4.37. The monoisotopic (exact) mass is 541 g/mol. The Morgan fingerprint density at radius 1 is 0.975 bits per heavy atom. The van der Waals surface area contributed by atoms with E-state index < -0.39 is 18.0 Å². The van der Waals surface area contributed by atoms with Gasteiger partial charge in [-0.3, -0.25) is 4.98 Å². The number of benzene rings is 2. The number of rotatable bonds is 6. The Bertz CT molecular complexity index is 1730. The highest BCUT2D eigenvalue weighted by atomic mass is 19.4. The lowest BCUT2D eigenvalue weighted by Crippen LogP contribution is -2.08. The van der Waals surface area contributed by atoms with Crippen LogP contribution >= 0.6 is 0 Å². The molecule has 0 fully saturated rings. The van der Waals surface area contributed by atoms with E-state index in [1.807, 2.05) is 37.3 Å². The number of hydrogen-bond donors (Lipinski definition) is 0. The van der Waals surface area contributed by atoms with Crippen LogP contribution in [0.15, 0.2) is 72.9 Å². The third-order valence-corrected chi connectivity index (χ3v) is 6.73. The molecule has 0 aliphatic carbocycles. The first-order chi connectivity index (χ1) is 19.1. The molecule has 5 rings (SSSR count). The second-order valence-electron chi connectivity index (χ2n) is 9.80. The molecule has 0 amide bonds. The Kier molecular flexibility index (Phi) is 7.03. The maximum absolute atomic E-state index is 13.1. The van der Waals surface area contributed by atoms with E-state index in [0.29, 0.717) is 39.5 Å². The maximum Gasteiger partial charge on any atom is 0.435 e. The van der Waals surface area contributed by atoms with Crippen molar-refractivity contribution < 1.29 is 17.9 Å². The van der Waals surface area contributed by atoms with Crippen molar-refractivity contribution in [2.24, 2.45) is 0 Å². The number of aromatic nitrogens is 4. The zero-order valence-electron chi connectivity index (χ0n) is 22.4. The summed E-state index contributed by atoms with van der Waals surface area (Å²) in [7, 11) is 0. The van der Waals surface area contributed by atoms with Crippen molar-refractivity contribution in [1.82, 2.24) is 19.7 Å². The van der Waals surface area contributed by atoms with Crippen LogP contribution in [0.2, 0.25) is 0 Å². The van der Waals surface area contributed by atoms with Gasteiger partial charge in [0.15, 0.2) is 5.69 Å². The van der Waals surface area contributed by atoms with Crippen molar-refractivity contribution in [3.8, 4) is 22.8 Å². The molecule has 0 saturated carbocycles. The molecule has 5 aromatic rings. The molecule has 40 heavy (non-hydrogen) atoms. The zero-order chi connectivity index (χ0) is 28.6. The molecule has 0 spiro atoms. The number of alkyl halides is 3. The minimum Gasteiger partial charge on any atom is -0.468 e. The van der Waals surface area contributed by atoms with Crippen LogP contribution in [0.4, 0.5) is 18.9 Å². The Labute approximate surface area is 229 Å². The molecule has 1 unspecified atom stereocenters. The Morgan fingerprint density at radius 2 is 1.70 bits per heavy atom. The smallest absolute Gasteiger partial charge is 0.435 e. The van der Waals surface area contributed by atoms with Gasteiger partial charge < -0.3 is 4.74 Å². The molecule has 0 aliphatic rings. The SMILES string of the molecule is [C-]#[N+]c1c(-c2ccccc2C(C)C)nc(OC(C)c2ccc(-n3nc(C(F)(F)F)cc3C)cc2)c2ncccc12. The number of fused-ring (bicyclic) bond motifs is 1. The normalized spacial score (nSPS) is 12.5. The van der Waals surface area contributed by atoms with Crippen molar-refractivity contribution in [3.05, 3.63) is 107 Å². The number of hydrogen-bond acceptors (Lipinski definition) is 4. The Balaban J connectivity index is 1.53. The van der Waals surface area contributed by atoms with E-state index in [-0.39, 0.29) is 5.92 Å². The number of pyridine rings is 2. The summed E-state index contributed by atoms with van der Waals surface area (Å²) < 4.78 is 46.9. The minimum absolute atomic E-state index is 0.216. The van der Waals surface area contributed by atoms with E-state index in [1.165, 1.54) is 4.68 Å². The molecule has 202 valence electrons. The summed E-state index contributed by atoms with van der Waals surface area (Å²) in [6.07, 6.45) is -3.35. The minimum atomic E-state index is -4.51. The van der Waals surface area contributed by atoms with Gasteiger partial charge >= 0.3 is 6.18 Å². The fraction of sp³-hybridized carbons (Fsp3) is 0.226. The molecule has 0 N–H and O–H groups in total. The lowest BCUT2D eigenvalue weighted by molar-refractivity contribution is -0.141.